The number of nitrogens with one attached hydrogen (secondary N) is 1. The van der Waals surface area contributed by atoms with E-state index >= 15 is 0 Å². The lowest BCUT2D eigenvalue weighted by Crippen LogP contribution is -2.44. The molecule has 0 saturated carbocycles. The van der Waals surface area contributed by atoms with Gasteiger partial charge in [-0.3, -0.25) is 0 Å². The van der Waals surface area contributed by atoms with Gasteiger partial charge in [0.2, 0.25) is 0 Å². The molecule has 0 radical (unpaired) electrons. The molecule has 0 bridgehead atoms. The standard InChI is InChI=1S/C7H15NOS/c1-6-4-10-5-7(8-6)2-3-9/h6-9H,2-5H2,1H3. The van der Waals surface area contributed by atoms with Crippen LogP contribution in [-0.4, -0.2) is 35.3 Å². The third kappa shape index (κ3) is 2.48. The number of hydrogen-bond acceptors (Lipinski definition) is 3. The first-order valence-corrected chi connectivity index (χ1v) is 4.93. The Bertz CT molecular complexity index is 97.6. The van der Waals surface area contributed by atoms with Crippen LogP contribution < -0.4 is 5.32 Å². The van der Waals surface area contributed by atoms with Crippen molar-refractivity contribution >= 4 is 11.8 Å². The second-order valence-electron chi connectivity index (χ2n) is 2.81. The summed E-state index contributed by atoms with van der Waals surface area (Å²) < 4.78 is 0. The molecule has 60 valence electrons. The molecule has 10 heavy (non-hydrogen) atoms. The smallest absolute Gasteiger partial charge is 0.0446 e. The minimum atomic E-state index is 0.310. The number of aliphatic hydroxyl groups is 1. The molecular formula is C7H15NOS. The van der Waals surface area contributed by atoms with Gasteiger partial charge in [0.25, 0.3) is 0 Å². The Balaban J connectivity index is 2.18. The van der Waals surface area contributed by atoms with E-state index in [2.05, 4.69) is 12.2 Å². The molecule has 0 aromatic heterocycles. The van der Waals surface area contributed by atoms with Gasteiger partial charge in [0, 0.05) is 30.2 Å². The van der Waals surface area contributed by atoms with Gasteiger partial charge in [-0.1, -0.05) is 0 Å². The molecule has 1 heterocycles. The Morgan fingerprint density at radius 3 is 3.00 bits per heavy atom. The van der Waals surface area contributed by atoms with Crippen LogP contribution in [0.2, 0.25) is 0 Å². The SMILES string of the molecule is CC1CSCC(CCO)N1. The molecule has 3 heteroatoms. The van der Waals surface area contributed by atoms with Crippen molar-refractivity contribution in [2.45, 2.75) is 25.4 Å². The molecule has 2 N–H and O–H groups in total. The molecule has 0 aromatic carbocycles. The van der Waals surface area contributed by atoms with Gasteiger partial charge >= 0.3 is 0 Å². The second kappa shape index (κ2) is 4.21. The fraction of sp³-hybridized carbons (Fsp3) is 1.00. The third-order valence-electron chi connectivity index (χ3n) is 1.68. The maximum absolute atomic E-state index is 8.66. The highest BCUT2D eigenvalue weighted by atomic mass is 32.2. The van der Waals surface area contributed by atoms with Crippen LogP contribution in [0.3, 0.4) is 0 Å². The van der Waals surface area contributed by atoms with E-state index in [0.29, 0.717) is 18.7 Å². The molecule has 2 nitrogen and oxygen atoms in total. The maximum Gasteiger partial charge on any atom is 0.0446 e. The zero-order chi connectivity index (χ0) is 7.40. The average molecular weight is 161 g/mol. The summed E-state index contributed by atoms with van der Waals surface area (Å²) in [7, 11) is 0. The summed E-state index contributed by atoms with van der Waals surface area (Å²) in [4.78, 5) is 0. The summed E-state index contributed by atoms with van der Waals surface area (Å²) in [5, 5.41) is 12.1. The molecule has 1 aliphatic heterocycles. The Morgan fingerprint density at radius 2 is 2.40 bits per heavy atom. The summed E-state index contributed by atoms with van der Waals surface area (Å²) in [6, 6.07) is 1.16. The lowest BCUT2D eigenvalue weighted by Gasteiger charge is -2.27. The van der Waals surface area contributed by atoms with Crippen molar-refractivity contribution in [1.82, 2.24) is 5.32 Å². The van der Waals surface area contributed by atoms with Crippen LogP contribution in [0.1, 0.15) is 13.3 Å². The predicted octanol–water partition coefficient (Wildman–Crippen LogP) is 0.462. The van der Waals surface area contributed by atoms with Crippen LogP contribution in [0.4, 0.5) is 0 Å². The van der Waals surface area contributed by atoms with Crippen LogP contribution in [0.25, 0.3) is 0 Å². The van der Waals surface area contributed by atoms with Gasteiger partial charge in [-0.25, -0.2) is 0 Å². The molecule has 1 saturated heterocycles. The van der Waals surface area contributed by atoms with E-state index in [1.807, 2.05) is 11.8 Å². The van der Waals surface area contributed by atoms with Gasteiger partial charge in [-0.2, -0.15) is 11.8 Å². The van der Waals surface area contributed by atoms with Crippen molar-refractivity contribution < 1.29 is 5.11 Å². The van der Waals surface area contributed by atoms with E-state index in [0.717, 1.165) is 12.2 Å². The summed E-state index contributed by atoms with van der Waals surface area (Å²) in [5.41, 5.74) is 0. The van der Waals surface area contributed by atoms with Crippen LogP contribution in [0, 0.1) is 0 Å². The zero-order valence-electron chi connectivity index (χ0n) is 6.34. The second-order valence-corrected chi connectivity index (χ2v) is 3.89. The minimum Gasteiger partial charge on any atom is -0.396 e. The molecule has 0 spiro atoms. The highest BCUT2D eigenvalue weighted by molar-refractivity contribution is 7.99. The first-order valence-electron chi connectivity index (χ1n) is 3.77. The van der Waals surface area contributed by atoms with Crippen LogP contribution in [-0.2, 0) is 0 Å². The van der Waals surface area contributed by atoms with Crippen LogP contribution in [0.5, 0.6) is 0 Å². The zero-order valence-corrected chi connectivity index (χ0v) is 7.16. The van der Waals surface area contributed by atoms with Crippen LogP contribution >= 0.6 is 11.8 Å². The number of hydrogen-bond donors (Lipinski definition) is 2. The Hall–Kier alpha value is 0.270. The maximum atomic E-state index is 8.66. The van der Waals surface area contributed by atoms with Gasteiger partial charge in [0.05, 0.1) is 0 Å². The summed E-state index contributed by atoms with van der Waals surface area (Å²) >= 11 is 1.98. The van der Waals surface area contributed by atoms with Gasteiger partial charge in [-0.15, -0.1) is 0 Å². The van der Waals surface area contributed by atoms with Gasteiger partial charge in [0.15, 0.2) is 0 Å². The number of aliphatic hydroxyl groups excluding tert-OH is 1. The summed E-state index contributed by atoms with van der Waals surface area (Å²) in [6.07, 6.45) is 0.900. The molecule has 1 aliphatic rings. The van der Waals surface area contributed by atoms with Gasteiger partial charge in [0.1, 0.15) is 0 Å². The first-order chi connectivity index (χ1) is 4.83. The molecule has 2 unspecified atom stereocenters. The number of thioether (sulfide) groups is 1. The minimum absolute atomic E-state index is 0.310. The lowest BCUT2D eigenvalue weighted by atomic mass is 10.2. The fourth-order valence-electron chi connectivity index (χ4n) is 1.21. The monoisotopic (exact) mass is 161 g/mol. The van der Waals surface area contributed by atoms with Crippen molar-refractivity contribution in [3.63, 3.8) is 0 Å². The molecule has 0 aliphatic carbocycles. The van der Waals surface area contributed by atoms with E-state index in [1.165, 1.54) is 5.75 Å². The van der Waals surface area contributed by atoms with E-state index in [-0.39, 0.29) is 0 Å². The van der Waals surface area contributed by atoms with Gasteiger partial charge in [-0.05, 0) is 13.3 Å². The van der Waals surface area contributed by atoms with E-state index < -0.39 is 0 Å². The topological polar surface area (TPSA) is 32.3 Å². The van der Waals surface area contributed by atoms with Crippen molar-refractivity contribution in [3.05, 3.63) is 0 Å². The highest BCUT2D eigenvalue weighted by Crippen LogP contribution is 2.13. The van der Waals surface area contributed by atoms with Gasteiger partial charge < -0.3 is 10.4 Å². The largest absolute Gasteiger partial charge is 0.396 e. The van der Waals surface area contributed by atoms with Crippen molar-refractivity contribution in [2.24, 2.45) is 0 Å². The number of rotatable bonds is 2. The molecule has 2 atom stereocenters. The average Bonchev–Trinajstić information content (AvgIpc) is 1.88. The fourth-order valence-corrected chi connectivity index (χ4v) is 2.34. The molecule has 0 aromatic rings. The first kappa shape index (κ1) is 8.37. The van der Waals surface area contributed by atoms with E-state index in [9.17, 15) is 0 Å². The summed E-state index contributed by atoms with van der Waals surface area (Å²) in [5.74, 6) is 2.37. The molecule has 1 fully saturated rings. The Morgan fingerprint density at radius 1 is 1.60 bits per heavy atom. The molecule has 1 rings (SSSR count). The van der Waals surface area contributed by atoms with E-state index in [4.69, 9.17) is 5.11 Å². The van der Waals surface area contributed by atoms with Crippen molar-refractivity contribution in [3.8, 4) is 0 Å². The third-order valence-corrected chi connectivity index (χ3v) is 3.06. The highest BCUT2D eigenvalue weighted by Gasteiger charge is 2.16. The normalized spacial score (nSPS) is 34.2. The predicted molar refractivity (Wildman–Crippen MR) is 45.4 cm³/mol. The Labute approximate surface area is 66.4 Å². The van der Waals surface area contributed by atoms with Crippen molar-refractivity contribution in [2.75, 3.05) is 18.1 Å². The Kier molecular flexibility index (Phi) is 3.52. The molecular weight excluding hydrogens is 146 g/mol. The van der Waals surface area contributed by atoms with Crippen molar-refractivity contribution in [1.29, 1.82) is 0 Å². The van der Waals surface area contributed by atoms with Crippen LogP contribution in [0.15, 0.2) is 0 Å². The lowest BCUT2D eigenvalue weighted by molar-refractivity contribution is 0.265. The summed E-state index contributed by atoms with van der Waals surface area (Å²) in [6.45, 7) is 2.50. The molecule has 0 amide bonds. The van der Waals surface area contributed by atoms with E-state index in [1.54, 1.807) is 0 Å². The quantitative estimate of drug-likeness (QED) is 0.617.